The zero-order valence-corrected chi connectivity index (χ0v) is 17.8. The van der Waals surface area contributed by atoms with E-state index in [0.29, 0.717) is 32.1 Å². The van der Waals surface area contributed by atoms with Crippen molar-refractivity contribution in [3.63, 3.8) is 0 Å². The number of aryl methyl sites for hydroxylation is 1. The van der Waals surface area contributed by atoms with Gasteiger partial charge in [-0.2, -0.15) is 0 Å². The van der Waals surface area contributed by atoms with E-state index >= 15 is 0 Å². The standard InChI is InChI=1S/C23H29N3O4/c1-4-26(14-18-7-10-20-21(13-18)30-12-11-29-20)23(28)16-25(3)15-22(27)24-19-8-5-17(2)6-9-19/h5-10,13H,4,11-12,14-16H2,1-3H3,(H,24,27). The van der Waals surface area contributed by atoms with Crippen LogP contribution in [0.15, 0.2) is 42.5 Å². The van der Waals surface area contributed by atoms with E-state index in [-0.39, 0.29) is 24.9 Å². The molecule has 0 unspecified atom stereocenters. The van der Waals surface area contributed by atoms with Gasteiger partial charge in [-0.25, -0.2) is 0 Å². The lowest BCUT2D eigenvalue weighted by Gasteiger charge is -2.25. The molecule has 2 aromatic rings. The molecule has 3 rings (SSSR count). The molecule has 0 aromatic heterocycles. The molecule has 0 aliphatic carbocycles. The number of likely N-dealkylation sites (N-methyl/N-ethyl adjacent to an activating group) is 2. The predicted octanol–water partition coefficient (Wildman–Crippen LogP) is 2.69. The molecule has 0 atom stereocenters. The number of amides is 2. The summed E-state index contributed by atoms with van der Waals surface area (Å²) in [7, 11) is 1.77. The van der Waals surface area contributed by atoms with Crippen LogP contribution in [0.3, 0.4) is 0 Å². The van der Waals surface area contributed by atoms with Gasteiger partial charge in [-0.15, -0.1) is 0 Å². The summed E-state index contributed by atoms with van der Waals surface area (Å²) in [5.41, 5.74) is 2.86. The number of carbonyl (C=O) groups is 2. The number of carbonyl (C=O) groups excluding carboxylic acids is 2. The van der Waals surface area contributed by atoms with Crippen LogP contribution in [0.4, 0.5) is 5.69 Å². The molecular formula is C23H29N3O4. The van der Waals surface area contributed by atoms with Gasteiger partial charge in [0.25, 0.3) is 0 Å². The quantitative estimate of drug-likeness (QED) is 0.723. The van der Waals surface area contributed by atoms with Crippen LogP contribution < -0.4 is 14.8 Å². The Bertz CT molecular complexity index is 883. The van der Waals surface area contributed by atoms with Crippen LogP contribution in [0, 0.1) is 6.92 Å². The third-order valence-electron chi connectivity index (χ3n) is 4.87. The zero-order valence-electron chi connectivity index (χ0n) is 17.8. The predicted molar refractivity (Wildman–Crippen MR) is 116 cm³/mol. The van der Waals surface area contributed by atoms with Gasteiger partial charge in [0.15, 0.2) is 11.5 Å². The first kappa shape index (κ1) is 21.6. The van der Waals surface area contributed by atoms with Gasteiger partial charge in [0.1, 0.15) is 13.2 Å². The minimum Gasteiger partial charge on any atom is -0.486 e. The van der Waals surface area contributed by atoms with Crippen molar-refractivity contribution in [1.29, 1.82) is 0 Å². The van der Waals surface area contributed by atoms with Gasteiger partial charge in [0.05, 0.1) is 13.1 Å². The molecule has 7 nitrogen and oxygen atoms in total. The van der Waals surface area contributed by atoms with Crippen molar-refractivity contribution >= 4 is 17.5 Å². The number of nitrogens with one attached hydrogen (secondary N) is 1. The maximum atomic E-state index is 12.8. The highest BCUT2D eigenvalue weighted by Gasteiger charge is 2.18. The Kier molecular flexibility index (Phi) is 7.30. The lowest BCUT2D eigenvalue weighted by molar-refractivity contribution is -0.132. The maximum Gasteiger partial charge on any atom is 0.238 e. The highest BCUT2D eigenvalue weighted by Crippen LogP contribution is 2.31. The number of rotatable bonds is 8. The molecule has 0 radical (unpaired) electrons. The summed E-state index contributed by atoms with van der Waals surface area (Å²) in [5.74, 6) is 1.27. The van der Waals surface area contributed by atoms with E-state index in [9.17, 15) is 9.59 Å². The first-order valence-electron chi connectivity index (χ1n) is 10.2. The average molecular weight is 412 g/mol. The van der Waals surface area contributed by atoms with E-state index < -0.39 is 0 Å². The average Bonchev–Trinajstić information content (AvgIpc) is 2.73. The molecule has 0 bridgehead atoms. The number of anilines is 1. The highest BCUT2D eigenvalue weighted by atomic mass is 16.6. The molecule has 0 spiro atoms. The normalized spacial score (nSPS) is 12.5. The van der Waals surface area contributed by atoms with Crippen LogP contribution in [0.5, 0.6) is 11.5 Å². The smallest absolute Gasteiger partial charge is 0.238 e. The number of hydrogen-bond donors (Lipinski definition) is 1. The van der Waals surface area contributed by atoms with Crippen LogP contribution in [-0.2, 0) is 16.1 Å². The van der Waals surface area contributed by atoms with Crippen molar-refractivity contribution in [2.24, 2.45) is 0 Å². The summed E-state index contributed by atoms with van der Waals surface area (Å²) < 4.78 is 11.2. The van der Waals surface area contributed by atoms with Gasteiger partial charge in [-0.3, -0.25) is 14.5 Å². The summed E-state index contributed by atoms with van der Waals surface area (Å²) in [6, 6.07) is 13.4. The van der Waals surface area contributed by atoms with E-state index in [2.05, 4.69) is 5.32 Å². The van der Waals surface area contributed by atoms with Crippen LogP contribution in [0.25, 0.3) is 0 Å². The molecule has 160 valence electrons. The van der Waals surface area contributed by atoms with Gasteiger partial charge in [-0.1, -0.05) is 23.8 Å². The molecule has 30 heavy (non-hydrogen) atoms. The third kappa shape index (κ3) is 5.97. The zero-order chi connectivity index (χ0) is 21.5. The van der Waals surface area contributed by atoms with Crippen LogP contribution in [0.1, 0.15) is 18.1 Å². The molecule has 1 aliphatic rings. The number of ether oxygens (including phenoxy) is 2. The lowest BCUT2D eigenvalue weighted by atomic mass is 10.1. The van der Waals surface area contributed by atoms with Crippen molar-refractivity contribution in [2.45, 2.75) is 20.4 Å². The number of hydrogen-bond acceptors (Lipinski definition) is 5. The summed E-state index contributed by atoms with van der Waals surface area (Å²) in [4.78, 5) is 28.5. The van der Waals surface area contributed by atoms with E-state index in [0.717, 1.165) is 22.6 Å². The van der Waals surface area contributed by atoms with Gasteiger partial charge in [-0.05, 0) is 50.7 Å². The molecule has 1 heterocycles. The minimum atomic E-state index is -0.149. The van der Waals surface area contributed by atoms with E-state index in [1.165, 1.54) is 0 Å². The maximum absolute atomic E-state index is 12.8. The Morgan fingerprint density at radius 1 is 1.00 bits per heavy atom. The third-order valence-corrected chi connectivity index (χ3v) is 4.87. The Labute approximate surface area is 177 Å². The summed E-state index contributed by atoms with van der Waals surface area (Å²) in [6.45, 7) is 6.39. The highest BCUT2D eigenvalue weighted by molar-refractivity contribution is 5.92. The number of fused-ring (bicyclic) bond motifs is 1. The molecule has 0 saturated carbocycles. The Hall–Kier alpha value is -3.06. The topological polar surface area (TPSA) is 71.1 Å². The Morgan fingerprint density at radius 2 is 1.70 bits per heavy atom. The van der Waals surface area contributed by atoms with Crippen molar-refractivity contribution in [3.05, 3.63) is 53.6 Å². The van der Waals surface area contributed by atoms with Crippen molar-refractivity contribution in [1.82, 2.24) is 9.80 Å². The fraction of sp³-hybridized carbons (Fsp3) is 0.391. The van der Waals surface area contributed by atoms with Crippen LogP contribution in [-0.4, -0.2) is 61.5 Å². The fourth-order valence-electron chi connectivity index (χ4n) is 3.25. The van der Waals surface area contributed by atoms with Gasteiger partial charge >= 0.3 is 0 Å². The monoisotopic (exact) mass is 411 g/mol. The second-order valence-corrected chi connectivity index (χ2v) is 7.47. The molecule has 0 fully saturated rings. The molecule has 0 saturated heterocycles. The Morgan fingerprint density at radius 3 is 2.40 bits per heavy atom. The summed E-state index contributed by atoms with van der Waals surface area (Å²) in [6.07, 6.45) is 0. The molecular weight excluding hydrogens is 382 g/mol. The first-order valence-corrected chi connectivity index (χ1v) is 10.2. The lowest BCUT2D eigenvalue weighted by Crippen LogP contribution is -2.41. The van der Waals surface area contributed by atoms with Crippen LogP contribution >= 0.6 is 0 Å². The fourth-order valence-corrected chi connectivity index (χ4v) is 3.25. The summed E-state index contributed by atoms with van der Waals surface area (Å²) >= 11 is 0. The molecule has 7 heteroatoms. The molecule has 2 aromatic carbocycles. The van der Waals surface area contributed by atoms with E-state index in [4.69, 9.17) is 9.47 Å². The second kappa shape index (κ2) is 10.1. The van der Waals surface area contributed by atoms with Gasteiger partial charge in [0.2, 0.25) is 11.8 Å². The van der Waals surface area contributed by atoms with Crippen molar-refractivity contribution in [3.8, 4) is 11.5 Å². The molecule has 1 N–H and O–H groups in total. The second-order valence-electron chi connectivity index (χ2n) is 7.47. The van der Waals surface area contributed by atoms with Crippen molar-refractivity contribution in [2.75, 3.05) is 45.2 Å². The van der Waals surface area contributed by atoms with Gasteiger partial charge < -0.3 is 19.7 Å². The minimum absolute atomic E-state index is 0.0296. The SMILES string of the molecule is CCN(Cc1ccc2c(c1)OCCO2)C(=O)CN(C)CC(=O)Nc1ccc(C)cc1. The Balaban J connectivity index is 1.51. The molecule has 1 aliphatic heterocycles. The number of benzene rings is 2. The van der Waals surface area contributed by atoms with E-state index in [1.54, 1.807) is 16.8 Å². The van der Waals surface area contributed by atoms with Gasteiger partial charge in [0, 0.05) is 18.8 Å². The van der Waals surface area contributed by atoms with Crippen LogP contribution in [0.2, 0.25) is 0 Å². The molecule has 2 amide bonds. The first-order chi connectivity index (χ1) is 14.4. The largest absolute Gasteiger partial charge is 0.486 e. The summed E-state index contributed by atoms with van der Waals surface area (Å²) in [5, 5.41) is 2.85. The van der Waals surface area contributed by atoms with E-state index in [1.807, 2.05) is 56.3 Å². The van der Waals surface area contributed by atoms with Crippen molar-refractivity contribution < 1.29 is 19.1 Å². The number of nitrogens with zero attached hydrogens (tertiary/aromatic N) is 2.